The zero-order valence-electron chi connectivity index (χ0n) is 22.6. The van der Waals surface area contributed by atoms with E-state index in [-0.39, 0.29) is 0 Å². The van der Waals surface area contributed by atoms with Crippen molar-refractivity contribution in [1.82, 2.24) is 14.4 Å². The van der Waals surface area contributed by atoms with E-state index in [0.717, 1.165) is 57.3 Å². The van der Waals surface area contributed by atoms with Crippen LogP contribution in [0, 0.1) is 0 Å². The zero-order valence-corrected chi connectivity index (χ0v) is 22.6. The number of methoxy groups -OCH3 is 2. The van der Waals surface area contributed by atoms with Gasteiger partial charge >= 0.3 is 11.9 Å². The lowest BCUT2D eigenvalue weighted by atomic mass is 10.1. The highest BCUT2D eigenvalue weighted by molar-refractivity contribution is 6.27. The highest BCUT2D eigenvalue weighted by atomic mass is 16.5. The third-order valence-corrected chi connectivity index (χ3v) is 7.10. The maximum atomic E-state index is 9.10. The van der Waals surface area contributed by atoms with Gasteiger partial charge in [0.05, 0.1) is 14.2 Å². The molecule has 9 nitrogen and oxygen atoms in total. The van der Waals surface area contributed by atoms with Gasteiger partial charge in [-0.1, -0.05) is 30.3 Å². The molecule has 2 N–H and O–H groups in total. The predicted octanol–water partition coefficient (Wildman–Crippen LogP) is 4.31. The monoisotopic (exact) mass is 533 g/mol. The van der Waals surface area contributed by atoms with E-state index >= 15 is 0 Å². The van der Waals surface area contributed by atoms with Gasteiger partial charge in [-0.05, 0) is 36.8 Å². The molecule has 1 saturated heterocycles. The summed E-state index contributed by atoms with van der Waals surface area (Å²) in [5.41, 5.74) is 5.27. The van der Waals surface area contributed by atoms with Crippen molar-refractivity contribution in [2.24, 2.45) is 0 Å². The van der Waals surface area contributed by atoms with Crippen molar-refractivity contribution in [1.29, 1.82) is 0 Å². The highest BCUT2D eigenvalue weighted by Crippen LogP contribution is 2.30. The third-order valence-electron chi connectivity index (χ3n) is 7.10. The highest BCUT2D eigenvalue weighted by Gasteiger charge is 2.19. The molecule has 206 valence electrons. The third kappa shape index (κ3) is 6.50. The Morgan fingerprint density at radius 1 is 0.769 bits per heavy atom. The summed E-state index contributed by atoms with van der Waals surface area (Å²) in [6.45, 7) is 9.40. The molecule has 0 atom stereocenters. The first-order valence-corrected chi connectivity index (χ1v) is 13.0. The molecule has 4 aromatic rings. The second-order valence-corrected chi connectivity index (χ2v) is 9.45. The fourth-order valence-electron chi connectivity index (χ4n) is 5.13. The van der Waals surface area contributed by atoms with E-state index in [1.807, 2.05) is 12.1 Å². The van der Waals surface area contributed by atoms with Crippen LogP contribution in [0.3, 0.4) is 0 Å². The summed E-state index contributed by atoms with van der Waals surface area (Å²) in [6, 6.07) is 21.9. The molecule has 0 amide bonds. The SMILES string of the molecule is CCn1c2ccccc2c2cc(CN3CCN(Cc4ccc(OC)cc4OC)CC3)ccc21.O=C(O)C(=O)O. The molecule has 1 aliphatic rings. The number of nitrogens with zero attached hydrogens (tertiary/aromatic N) is 3. The van der Waals surface area contributed by atoms with Crippen molar-refractivity contribution in [2.45, 2.75) is 26.6 Å². The van der Waals surface area contributed by atoms with Gasteiger partial charge in [0.2, 0.25) is 0 Å². The first kappa shape index (κ1) is 27.9. The molecule has 39 heavy (non-hydrogen) atoms. The summed E-state index contributed by atoms with van der Waals surface area (Å²) in [5.74, 6) is -1.92. The number of hydrogen-bond acceptors (Lipinski definition) is 6. The fraction of sp³-hybridized carbons (Fsp3) is 0.333. The number of ether oxygens (including phenoxy) is 2. The standard InChI is InChI=1S/C28H33N3O2.C2H2O4/c1-4-31-26-8-6-5-7-24(26)25-17-21(9-12-27(25)31)19-29-13-15-30(16-14-29)20-22-10-11-23(32-2)18-28(22)33-3;3-1(4)2(5)6/h5-12,17-18H,4,13-16,19-20H2,1-3H3;(H,3,4)(H,5,6). The molecule has 0 radical (unpaired) electrons. The van der Waals surface area contributed by atoms with Crippen LogP contribution in [0.25, 0.3) is 21.8 Å². The van der Waals surface area contributed by atoms with Crippen molar-refractivity contribution < 1.29 is 29.3 Å². The maximum absolute atomic E-state index is 9.10. The number of aliphatic carboxylic acids is 2. The van der Waals surface area contributed by atoms with Crippen LogP contribution in [0.2, 0.25) is 0 Å². The summed E-state index contributed by atoms with van der Waals surface area (Å²) < 4.78 is 13.3. The fourth-order valence-corrected chi connectivity index (χ4v) is 5.13. The number of carboxylic acid groups (broad SMARTS) is 2. The van der Waals surface area contributed by atoms with Gasteiger partial charge in [0.25, 0.3) is 0 Å². The number of fused-ring (bicyclic) bond motifs is 3. The number of benzene rings is 3. The van der Waals surface area contributed by atoms with Gasteiger partial charge in [0.15, 0.2) is 0 Å². The Hall–Kier alpha value is -4.08. The van der Waals surface area contributed by atoms with E-state index in [0.29, 0.717) is 0 Å². The number of carboxylic acids is 2. The van der Waals surface area contributed by atoms with Crippen LogP contribution in [-0.4, -0.2) is 76.9 Å². The molecular formula is C30H35N3O6. The number of aryl methyl sites for hydroxylation is 1. The van der Waals surface area contributed by atoms with Gasteiger partial charge in [-0.15, -0.1) is 0 Å². The van der Waals surface area contributed by atoms with Gasteiger partial charge in [0, 0.05) is 79.2 Å². The van der Waals surface area contributed by atoms with Crippen molar-refractivity contribution in [3.63, 3.8) is 0 Å². The molecule has 0 spiro atoms. The maximum Gasteiger partial charge on any atom is 0.414 e. The minimum Gasteiger partial charge on any atom is -0.497 e. The van der Waals surface area contributed by atoms with Crippen LogP contribution >= 0.6 is 0 Å². The Bertz CT molecular complexity index is 1440. The lowest BCUT2D eigenvalue weighted by molar-refractivity contribution is -0.159. The van der Waals surface area contributed by atoms with Crippen molar-refractivity contribution in [2.75, 3.05) is 40.4 Å². The quantitative estimate of drug-likeness (QED) is 0.339. The second kappa shape index (κ2) is 12.6. The Morgan fingerprint density at radius 2 is 1.41 bits per heavy atom. The largest absolute Gasteiger partial charge is 0.497 e. The van der Waals surface area contributed by atoms with Gasteiger partial charge in [-0.25, -0.2) is 9.59 Å². The van der Waals surface area contributed by atoms with Crippen molar-refractivity contribution in [3.05, 3.63) is 71.8 Å². The molecule has 2 heterocycles. The number of aromatic nitrogens is 1. The number of piperazine rings is 1. The number of para-hydroxylation sites is 1. The van der Waals surface area contributed by atoms with Crippen molar-refractivity contribution in [3.8, 4) is 11.5 Å². The van der Waals surface area contributed by atoms with Crippen LogP contribution in [0.1, 0.15) is 18.1 Å². The Kier molecular flexibility index (Phi) is 9.06. The van der Waals surface area contributed by atoms with Crippen LogP contribution in [0.4, 0.5) is 0 Å². The summed E-state index contributed by atoms with van der Waals surface area (Å²) in [4.78, 5) is 23.3. The van der Waals surface area contributed by atoms with Crippen LogP contribution in [-0.2, 0) is 29.2 Å². The first-order chi connectivity index (χ1) is 18.8. The Labute approximate surface area is 227 Å². The molecule has 0 unspecified atom stereocenters. The van der Waals surface area contributed by atoms with E-state index < -0.39 is 11.9 Å². The molecular weight excluding hydrogens is 498 g/mol. The second-order valence-electron chi connectivity index (χ2n) is 9.45. The Morgan fingerprint density at radius 3 is 2.03 bits per heavy atom. The summed E-state index contributed by atoms with van der Waals surface area (Å²) in [6.07, 6.45) is 0. The van der Waals surface area contributed by atoms with Crippen LogP contribution < -0.4 is 9.47 Å². The van der Waals surface area contributed by atoms with Crippen molar-refractivity contribution >= 4 is 33.7 Å². The van der Waals surface area contributed by atoms with E-state index in [4.69, 9.17) is 29.3 Å². The van der Waals surface area contributed by atoms with E-state index in [2.05, 4.69) is 69.8 Å². The van der Waals surface area contributed by atoms with E-state index in [1.54, 1.807) is 14.2 Å². The molecule has 0 aliphatic carbocycles. The van der Waals surface area contributed by atoms with E-state index in [9.17, 15) is 0 Å². The van der Waals surface area contributed by atoms with Gasteiger partial charge in [-0.2, -0.15) is 0 Å². The molecule has 9 heteroatoms. The lowest BCUT2D eigenvalue weighted by Crippen LogP contribution is -2.45. The van der Waals surface area contributed by atoms with Gasteiger partial charge in [-0.3, -0.25) is 9.80 Å². The van der Waals surface area contributed by atoms with Gasteiger partial charge < -0.3 is 24.3 Å². The van der Waals surface area contributed by atoms with Gasteiger partial charge in [0.1, 0.15) is 11.5 Å². The van der Waals surface area contributed by atoms with Crippen LogP contribution in [0.5, 0.6) is 11.5 Å². The molecule has 0 bridgehead atoms. The molecule has 5 rings (SSSR count). The molecule has 1 aromatic heterocycles. The minimum absolute atomic E-state index is 0.833. The summed E-state index contributed by atoms with van der Waals surface area (Å²) in [7, 11) is 3.41. The summed E-state index contributed by atoms with van der Waals surface area (Å²) in [5, 5.41) is 17.5. The average Bonchev–Trinajstić information content (AvgIpc) is 3.27. The number of hydrogen-bond donors (Lipinski definition) is 2. The molecule has 1 fully saturated rings. The number of carbonyl (C=O) groups is 2. The minimum atomic E-state index is -1.82. The van der Waals surface area contributed by atoms with Crippen LogP contribution in [0.15, 0.2) is 60.7 Å². The molecule has 3 aromatic carbocycles. The lowest BCUT2D eigenvalue weighted by Gasteiger charge is -2.35. The summed E-state index contributed by atoms with van der Waals surface area (Å²) >= 11 is 0. The normalized spacial score (nSPS) is 14.1. The zero-order chi connectivity index (χ0) is 27.9. The smallest absolute Gasteiger partial charge is 0.414 e. The Balaban J connectivity index is 0.000000531. The topological polar surface area (TPSA) is 104 Å². The molecule has 1 aliphatic heterocycles. The van der Waals surface area contributed by atoms with E-state index in [1.165, 1.54) is 32.9 Å². The molecule has 0 saturated carbocycles. The number of rotatable bonds is 7. The first-order valence-electron chi connectivity index (χ1n) is 13.0. The predicted molar refractivity (Wildman–Crippen MR) is 150 cm³/mol. The average molecular weight is 534 g/mol.